The lowest BCUT2D eigenvalue weighted by atomic mass is 10.1. The van der Waals surface area contributed by atoms with Crippen LogP contribution in [0.15, 0.2) is 5.38 Å². The van der Waals surface area contributed by atoms with E-state index in [-0.39, 0.29) is 18.2 Å². The van der Waals surface area contributed by atoms with Gasteiger partial charge in [-0.25, -0.2) is 9.78 Å². The van der Waals surface area contributed by atoms with Crippen LogP contribution >= 0.6 is 11.3 Å². The van der Waals surface area contributed by atoms with Gasteiger partial charge in [0.1, 0.15) is 6.04 Å². The summed E-state index contributed by atoms with van der Waals surface area (Å²) in [5, 5.41) is 10.4. The average Bonchev–Trinajstić information content (AvgIpc) is 2.83. The molecule has 0 aliphatic carbocycles. The molecule has 0 aromatic carbocycles. The second-order valence-electron chi connectivity index (χ2n) is 4.74. The number of aryl methyl sites for hydroxylation is 1. The minimum atomic E-state index is -0.668. The Morgan fingerprint density at radius 3 is 3.05 bits per heavy atom. The van der Waals surface area contributed by atoms with Crippen LogP contribution < -0.4 is 16.0 Å². The molecular formula is C13H18N4O3S. The fourth-order valence-corrected chi connectivity index (χ4v) is 2.85. The van der Waals surface area contributed by atoms with E-state index in [1.165, 1.54) is 0 Å². The van der Waals surface area contributed by atoms with Gasteiger partial charge in [0, 0.05) is 24.8 Å². The first-order valence-corrected chi connectivity index (χ1v) is 7.77. The maximum atomic E-state index is 12.0. The highest BCUT2D eigenvalue weighted by Crippen LogP contribution is 2.10. The average molecular weight is 310 g/mol. The van der Waals surface area contributed by atoms with E-state index in [1.807, 2.05) is 12.3 Å². The Hall–Kier alpha value is -1.96. The summed E-state index contributed by atoms with van der Waals surface area (Å²) >= 11 is 1.58. The van der Waals surface area contributed by atoms with E-state index in [0.717, 1.165) is 17.1 Å². The van der Waals surface area contributed by atoms with Crippen LogP contribution in [0.2, 0.25) is 0 Å². The van der Waals surface area contributed by atoms with Gasteiger partial charge in [0.05, 0.1) is 10.7 Å². The van der Waals surface area contributed by atoms with E-state index >= 15 is 0 Å². The molecule has 0 radical (unpaired) electrons. The molecule has 1 atom stereocenters. The molecule has 1 aliphatic rings. The van der Waals surface area contributed by atoms with E-state index in [9.17, 15) is 14.4 Å². The molecule has 0 spiro atoms. The molecule has 0 bridgehead atoms. The van der Waals surface area contributed by atoms with Gasteiger partial charge in [-0.1, -0.05) is 6.92 Å². The normalized spacial score (nSPS) is 18.6. The zero-order valence-electron chi connectivity index (χ0n) is 11.8. The van der Waals surface area contributed by atoms with Crippen molar-refractivity contribution in [2.24, 2.45) is 0 Å². The lowest BCUT2D eigenvalue weighted by Crippen LogP contribution is -2.48. The third-order valence-electron chi connectivity index (χ3n) is 3.13. The van der Waals surface area contributed by atoms with Gasteiger partial charge in [-0.05, 0) is 12.8 Å². The van der Waals surface area contributed by atoms with Crippen LogP contribution in [-0.2, 0) is 22.4 Å². The molecule has 1 fully saturated rings. The molecule has 2 heterocycles. The number of carbonyl (C=O) groups excluding carboxylic acids is 3. The predicted octanol–water partition coefficient (Wildman–Crippen LogP) is 0.352. The monoisotopic (exact) mass is 310 g/mol. The van der Waals surface area contributed by atoms with Crippen molar-refractivity contribution >= 4 is 29.2 Å². The maximum Gasteiger partial charge on any atom is 0.322 e. The second kappa shape index (κ2) is 7.16. The standard InChI is InChI=1S/C13H18N4O3S/c1-2-8-7-21-11(15-8)5-6-14-12(19)9-3-4-10(18)17-13(20)16-9/h7,9H,2-6H2,1H3,(H,14,19)(H2,16,17,18,20). The van der Waals surface area contributed by atoms with Gasteiger partial charge in [-0.15, -0.1) is 11.3 Å². The summed E-state index contributed by atoms with van der Waals surface area (Å²) in [6.07, 6.45) is 2.02. The quantitative estimate of drug-likeness (QED) is 0.730. The molecule has 1 unspecified atom stereocenters. The Kier molecular flexibility index (Phi) is 5.26. The van der Waals surface area contributed by atoms with Crippen molar-refractivity contribution in [1.29, 1.82) is 0 Å². The fraction of sp³-hybridized carbons (Fsp3) is 0.538. The molecule has 114 valence electrons. The number of nitrogens with one attached hydrogen (secondary N) is 3. The summed E-state index contributed by atoms with van der Waals surface area (Å²) in [5.74, 6) is -0.634. The van der Waals surface area contributed by atoms with Gasteiger partial charge in [0.25, 0.3) is 0 Å². The first-order valence-electron chi connectivity index (χ1n) is 6.90. The third kappa shape index (κ3) is 4.52. The molecule has 0 saturated carbocycles. The van der Waals surface area contributed by atoms with Gasteiger partial charge in [0.2, 0.25) is 11.8 Å². The van der Waals surface area contributed by atoms with Crippen LogP contribution in [0.5, 0.6) is 0 Å². The van der Waals surface area contributed by atoms with Crippen LogP contribution in [0, 0.1) is 0 Å². The SMILES string of the molecule is CCc1csc(CCNC(=O)C2CCC(=O)NC(=O)N2)n1. The maximum absolute atomic E-state index is 12.0. The molecule has 1 saturated heterocycles. The van der Waals surface area contributed by atoms with Gasteiger partial charge >= 0.3 is 6.03 Å². The van der Waals surface area contributed by atoms with Gasteiger partial charge in [-0.3, -0.25) is 14.9 Å². The summed E-state index contributed by atoms with van der Waals surface area (Å²) in [6.45, 7) is 2.51. The number of rotatable bonds is 5. The highest BCUT2D eigenvalue weighted by atomic mass is 32.1. The molecule has 3 N–H and O–H groups in total. The number of carbonyl (C=O) groups is 3. The number of nitrogens with zero attached hydrogens (tertiary/aromatic N) is 1. The molecule has 8 heteroatoms. The number of hydrogen-bond donors (Lipinski definition) is 3. The van der Waals surface area contributed by atoms with Crippen molar-refractivity contribution in [1.82, 2.24) is 20.9 Å². The van der Waals surface area contributed by atoms with Crippen LogP contribution in [0.25, 0.3) is 0 Å². The molecule has 7 nitrogen and oxygen atoms in total. The van der Waals surface area contributed by atoms with Crippen LogP contribution in [0.1, 0.15) is 30.5 Å². The van der Waals surface area contributed by atoms with E-state index < -0.39 is 12.1 Å². The minimum absolute atomic E-state index is 0.156. The number of aromatic nitrogens is 1. The van der Waals surface area contributed by atoms with Crippen molar-refractivity contribution < 1.29 is 14.4 Å². The number of thiazole rings is 1. The van der Waals surface area contributed by atoms with Gasteiger partial charge in [-0.2, -0.15) is 0 Å². The van der Waals surface area contributed by atoms with E-state index in [2.05, 4.69) is 20.9 Å². The topological polar surface area (TPSA) is 100 Å². The summed E-state index contributed by atoms with van der Waals surface area (Å²) in [7, 11) is 0. The Labute approximate surface area is 126 Å². The lowest BCUT2D eigenvalue weighted by Gasteiger charge is -2.14. The fourth-order valence-electron chi connectivity index (χ4n) is 1.97. The highest BCUT2D eigenvalue weighted by Gasteiger charge is 2.25. The number of imide groups is 1. The molecule has 1 aromatic rings. The lowest BCUT2D eigenvalue weighted by molar-refractivity contribution is -0.123. The second-order valence-corrected chi connectivity index (χ2v) is 5.68. The zero-order valence-corrected chi connectivity index (χ0v) is 12.6. The van der Waals surface area contributed by atoms with Crippen LogP contribution in [0.4, 0.5) is 4.79 Å². The largest absolute Gasteiger partial charge is 0.354 e. The van der Waals surface area contributed by atoms with Crippen molar-refractivity contribution in [2.75, 3.05) is 6.54 Å². The first kappa shape index (κ1) is 15.4. The van der Waals surface area contributed by atoms with Crippen LogP contribution in [0.3, 0.4) is 0 Å². The Balaban J connectivity index is 1.78. The molecule has 2 rings (SSSR count). The number of amides is 4. The summed E-state index contributed by atoms with van der Waals surface area (Å²) < 4.78 is 0. The zero-order chi connectivity index (χ0) is 15.2. The van der Waals surface area contributed by atoms with Crippen LogP contribution in [-0.4, -0.2) is 35.4 Å². The number of urea groups is 1. The molecule has 21 heavy (non-hydrogen) atoms. The summed E-state index contributed by atoms with van der Waals surface area (Å²) in [6, 6.07) is -1.29. The molecule has 1 aliphatic heterocycles. The van der Waals surface area contributed by atoms with Crippen molar-refractivity contribution in [3.05, 3.63) is 16.1 Å². The smallest absolute Gasteiger partial charge is 0.322 e. The van der Waals surface area contributed by atoms with Gasteiger partial charge < -0.3 is 10.6 Å². The molecule has 1 aromatic heterocycles. The summed E-state index contributed by atoms with van der Waals surface area (Å²) in [5.41, 5.74) is 1.06. The van der Waals surface area contributed by atoms with E-state index in [0.29, 0.717) is 19.4 Å². The van der Waals surface area contributed by atoms with Crippen molar-refractivity contribution in [2.45, 2.75) is 38.6 Å². The van der Waals surface area contributed by atoms with Gasteiger partial charge in [0.15, 0.2) is 0 Å². The Morgan fingerprint density at radius 2 is 2.33 bits per heavy atom. The Morgan fingerprint density at radius 1 is 1.52 bits per heavy atom. The Bertz CT molecular complexity index is 543. The number of hydrogen-bond acceptors (Lipinski definition) is 5. The highest BCUT2D eigenvalue weighted by molar-refractivity contribution is 7.09. The minimum Gasteiger partial charge on any atom is -0.354 e. The van der Waals surface area contributed by atoms with E-state index in [4.69, 9.17) is 0 Å². The first-order chi connectivity index (χ1) is 10.1. The third-order valence-corrected chi connectivity index (χ3v) is 4.09. The molecular weight excluding hydrogens is 292 g/mol. The summed E-state index contributed by atoms with van der Waals surface area (Å²) in [4.78, 5) is 38.9. The van der Waals surface area contributed by atoms with Crippen molar-refractivity contribution in [3.8, 4) is 0 Å². The molecule has 4 amide bonds. The van der Waals surface area contributed by atoms with E-state index in [1.54, 1.807) is 11.3 Å². The predicted molar refractivity (Wildman–Crippen MR) is 77.9 cm³/mol. The van der Waals surface area contributed by atoms with Crippen molar-refractivity contribution in [3.63, 3.8) is 0 Å².